The molecule has 0 aliphatic heterocycles. The Morgan fingerprint density at radius 3 is 2.11 bits per heavy atom. The first-order chi connectivity index (χ1) is 13.2. The van der Waals surface area contributed by atoms with Gasteiger partial charge < -0.3 is 0 Å². The fraction of sp³-hybridized carbons (Fsp3) is 0.231. The van der Waals surface area contributed by atoms with Gasteiger partial charge in [-0.05, 0) is 73.2 Å². The van der Waals surface area contributed by atoms with E-state index in [-0.39, 0.29) is 5.82 Å². The largest absolute Gasteiger partial charge is 0.206 e. The van der Waals surface area contributed by atoms with Gasteiger partial charge in [0.15, 0.2) is 0 Å². The van der Waals surface area contributed by atoms with Gasteiger partial charge in [-0.25, -0.2) is 4.39 Å². The van der Waals surface area contributed by atoms with E-state index in [1.54, 1.807) is 0 Å². The summed E-state index contributed by atoms with van der Waals surface area (Å²) in [5, 5.41) is 1.66. The second-order valence-corrected chi connectivity index (χ2v) is 6.89. The minimum Gasteiger partial charge on any atom is -0.206 e. The highest BCUT2D eigenvalue weighted by Crippen LogP contribution is 2.28. The van der Waals surface area contributed by atoms with Crippen molar-refractivity contribution < 1.29 is 4.39 Å². The van der Waals surface area contributed by atoms with Crippen molar-refractivity contribution in [1.82, 2.24) is 0 Å². The Labute approximate surface area is 162 Å². The smallest absolute Gasteiger partial charge is 0.134 e. The van der Waals surface area contributed by atoms with Gasteiger partial charge in [-0.3, -0.25) is 0 Å². The van der Waals surface area contributed by atoms with Gasteiger partial charge >= 0.3 is 0 Å². The predicted octanol–water partition coefficient (Wildman–Crippen LogP) is 7.66. The molecule has 1 heteroatoms. The molecule has 0 nitrogen and oxygen atoms in total. The van der Waals surface area contributed by atoms with E-state index < -0.39 is 0 Å². The van der Waals surface area contributed by atoms with Crippen molar-refractivity contribution in [2.45, 2.75) is 39.5 Å². The number of halogens is 1. The Balaban J connectivity index is 1.83. The molecule has 0 unspecified atom stereocenters. The standard InChI is InChI=1S/C26H27F/c1-3-5-7-9-20-11-13-21(14-12-20)23-17-18-25-24(19-23)16-15-22(26(25)27)10-8-6-4-2/h3-6,11-19H,7-10H2,1-2H3/b5-3+,6-4+. The molecule has 3 aromatic carbocycles. The van der Waals surface area contributed by atoms with E-state index in [2.05, 4.69) is 55.5 Å². The molecule has 0 saturated carbocycles. The van der Waals surface area contributed by atoms with Crippen LogP contribution in [0.1, 0.15) is 37.8 Å². The second-order valence-electron chi connectivity index (χ2n) is 6.89. The Bertz CT molecular complexity index is 946. The molecule has 0 heterocycles. The number of benzene rings is 3. The molecule has 0 N–H and O–H groups in total. The molecule has 0 aliphatic rings. The quantitative estimate of drug-likeness (QED) is 0.380. The lowest BCUT2D eigenvalue weighted by Crippen LogP contribution is -1.92. The third-order valence-corrected chi connectivity index (χ3v) is 4.97. The Morgan fingerprint density at radius 2 is 1.41 bits per heavy atom. The summed E-state index contributed by atoms with van der Waals surface area (Å²) in [6.07, 6.45) is 12.1. The van der Waals surface area contributed by atoms with Crippen molar-refractivity contribution in [3.63, 3.8) is 0 Å². The van der Waals surface area contributed by atoms with Crippen LogP contribution in [0.25, 0.3) is 21.9 Å². The molecule has 0 aliphatic carbocycles. The van der Waals surface area contributed by atoms with Gasteiger partial charge in [0.25, 0.3) is 0 Å². The molecule has 3 aromatic rings. The minimum atomic E-state index is -0.0807. The molecule has 0 aromatic heterocycles. The minimum absolute atomic E-state index is 0.0807. The molecular formula is C26H27F. The van der Waals surface area contributed by atoms with Gasteiger partial charge in [-0.2, -0.15) is 0 Å². The molecule has 0 spiro atoms. The topological polar surface area (TPSA) is 0 Å². The van der Waals surface area contributed by atoms with Crippen LogP contribution in [0.5, 0.6) is 0 Å². The Morgan fingerprint density at radius 1 is 0.741 bits per heavy atom. The Hall–Kier alpha value is -2.67. The van der Waals surface area contributed by atoms with Gasteiger partial charge in [0.1, 0.15) is 5.82 Å². The fourth-order valence-electron chi connectivity index (χ4n) is 3.40. The first-order valence-corrected chi connectivity index (χ1v) is 9.75. The highest BCUT2D eigenvalue weighted by atomic mass is 19.1. The monoisotopic (exact) mass is 358 g/mol. The van der Waals surface area contributed by atoms with Gasteiger partial charge in [-0.15, -0.1) is 0 Å². The van der Waals surface area contributed by atoms with Gasteiger partial charge in [0, 0.05) is 5.39 Å². The maximum absolute atomic E-state index is 14.8. The zero-order valence-electron chi connectivity index (χ0n) is 16.2. The molecule has 3 rings (SSSR count). The van der Waals surface area contributed by atoms with Crippen molar-refractivity contribution in [2.24, 2.45) is 0 Å². The lowest BCUT2D eigenvalue weighted by Gasteiger charge is -2.09. The molecule has 0 amide bonds. The van der Waals surface area contributed by atoms with Gasteiger partial charge in [0.05, 0.1) is 0 Å². The van der Waals surface area contributed by atoms with Crippen molar-refractivity contribution in [3.05, 3.63) is 95.8 Å². The predicted molar refractivity (Wildman–Crippen MR) is 116 cm³/mol. The van der Waals surface area contributed by atoms with Crippen LogP contribution in [0.2, 0.25) is 0 Å². The van der Waals surface area contributed by atoms with E-state index >= 15 is 0 Å². The SMILES string of the molecule is C/C=C/CCc1ccc(-c2ccc3c(F)c(CC/C=C/C)ccc3c2)cc1. The number of hydrogen-bond acceptors (Lipinski definition) is 0. The van der Waals surface area contributed by atoms with Crippen molar-refractivity contribution in [1.29, 1.82) is 0 Å². The van der Waals surface area contributed by atoms with E-state index in [1.165, 1.54) is 11.1 Å². The van der Waals surface area contributed by atoms with Crippen LogP contribution in [-0.4, -0.2) is 0 Å². The molecule has 0 fully saturated rings. The molecule has 138 valence electrons. The maximum atomic E-state index is 14.8. The summed E-state index contributed by atoms with van der Waals surface area (Å²) in [6.45, 7) is 4.05. The summed E-state index contributed by atoms with van der Waals surface area (Å²) < 4.78 is 14.8. The number of fused-ring (bicyclic) bond motifs is 1. The van der Waals surface area contributed by atoms with Gasteiger partial charge in [0.2, 0.25) is 0 Å². The van der Waals surface area contributed by atoms with Crippen molar-refractivity contribution >= 4 is 10.8 Å². The van der Waals surface area contributed by atoms with Crippen molar-refractivity contribution in [3.8, 4) is 11.1 Å². The summed E-state index contributed by atoms with van der Waals surface area (Å²) in [5.41, 5.74) is 4.43. The number of rotatable bonds is 7. The molecule has 0 atom stereocenters. The van der Waals surface area contributed by atoms with Crippen LogP contribution in [-0.2, 0) is 12.8 Å². The van der Waals surface area contributed by atoms with Crippen LogP contribution in [0.3, 0.4) is 0 Å². The van der Waals surface area contributed by atoms with E-state index in [9.17, 15) is 4.39 Å². The molecule has 27 heavy (non-hydrogen) atoms. The molecule has 0 bridgehead atoms. The van der Waals surface area contributed by atoms with E-state index in [0.29, 0.717) is 5.39 Å². The van der Waals surface area contributed by atoms with Crippen LogP contribution in [0, 0.1) is 5.82 Å². The Kier molecular flexibility index (Phi) is 6.59. The fourth-order valence-corrected chi connectivity index (χ4v) is 3.40. The summed E-state index contributed by atoms with van der Waals surface area (Å²) in [5.74, 6) is -0.0807. The molecule has 0 radical (unpaired) electrons. The highest BCUT2D eigenvalue weighted by Gasteiger charge is 2.08. The second kappa shape index (κ2) is 9.32. The number of aryl methyl sites for hydroxylation is 2. The van der Waals surface area contributed by atoms with Crippen LogP contribution in [0.4, 0.5) is 4.39 Å². The zero-order valence-corrected chi connectivity index (χ0v) is 16.2. The number of allylic oxidation sites excluding steroid dienone is 4. The first-order valence-electron chi connectivity index (χ1n) is 9.75. The normalized spacial score (nSPS) is 11.8. The maximum Gasteiger partial charge on any atom is 0.134 e. The van der Waals surface area contributed by atoms with Crippen LogP contribution in [0.15, 0.2) is 78.9 Å². The summed E-state index contributed by atoms with van der Waals surface area (Å²) in [4.78, 5) is 0. The summed E-state index contributed by atoms with van der Waals surface area (Å²) in [6, 6.07) is 18.7. The van der Waals surface area contributed by atoms with Crippen LogP contribution >= 0.6 is 0 Å². The highest BCUT2D eigenvalue weighted by molar-refractivity contribution is 5.88. The number of hydrogen-bond donors (Lipinski definition) is 0. The van der Waals surface area contributed by atoms with Crippen molar-refractivity contribution in [2.75, 3.05) is 0 Å². The third-order valence-electron chi connectivity index (χ3n) is 4.97. The molecular weight excluding hydrogens is 331 g/mol. The lowest BCUT2D eigenvalue weighted by molar-refractivity contribution is 0.621. The summed E-state index contributed by atoms with van der Waals surface area (Å²) in [7, 11) is 0. The van der Waals surface area contributed by atoms with E-state index in [4.69, 9.17) is 0 Å². The first kappa shape index (κ1) is 19.1. The van der Waals surface area contributed by atoms with Gasteiger partial charge in [-0.1, -0.05) is 72.8 Å². The lowest BCUT2D eigenvalue weighted by atomic mass is 9.97. The summed E-state index contributed by atoms with van der Waals surface area (Å²) >= 11 is 0. The van der Waals surface area contributed by atoms with E-state index in [1.807, 2.05) is 37.3 Å². The average Bonchev–Trinajstić information content (AvgIpc) is 2.70. The van der Waals surface area contributed by atoms with Crippen LogP contribution < -0.4 is 0 Å². The third kappa shape index (κ3) is 4.74. The average molecular weight is 358 g/mol. The zero-order chi connectivity index (χ0) is 19.1. The molecule has 0 saturated heterocycles. The van der Waals surface area contributed by atoms with E-state index in [0.717, 1.165) is 42.2 Å².